The average Bonchev–Trinajstić information content (AvgIpc) is 3.20. The van der Waals surface area contributed by atoms with Crippen molar-refractivity contribution in [1.82, 2.24) is 19.8 Å². The molecule has 7 heteroatoms. The summed E-state index contributed by atoms with van der Waals surface area (Å²) in [6, 6.07) is 8.58. The Balaban J connectivity index is 0.000000330. The van der Waals surface area contributed by atoms with E-state index < -0.39 is 0 Å². The van der Waals surface area contributed by atoms with Gasteiger partial charge in [0.05, 0.1) is 0 Å². The van der Waals surface area contributed by atoms with Gasteiger partial charge in [0.15, 0.2) is 11.5 Å². The second-order valence-electron chi connectivity index (χ2n) is 7.04. The third kappa shape index (κ3) is 5.23. The number of piperidine rings is 1. The normalized spacial score (nSPS) is 13.5. The largest absolute Gasteiger partial charge is 0.372 e. The van der Waals surface area contributed by atoms with Gasteiger partial charge in [-0.3, -0.25) is 5.84 Å². The van der Waals surface area contributed by atoms with Crippen LogP contribution in [0.1, 0.15) is 33.1 Å². The van der Waals surface area contributed by atoms with Gasteiger partial charge in [0.1, 0.15) is 0 Å². The van der Waals surface area contributed by atoms with E-state index in [-0.39, 0.29) is 0 Å². The molecular weight excluding hydrogens is 350 g/mol. The summed E-state index contributed by atoms with van der Waals surface area (Å²) in [6.07, 6.45) is 13.1. The van der Waals surface area contributed by atoms with Gasteiger partial charge in [-0.05, 0) is 57.4 Å². The average molecular weight is 380 g/mol. The van der Waals surface area contributed by atoms with Crippen molar-refractivity contribution in [2.75, 3.05) is 23.3 Å². The van der Waals surface area contributed by atoms with Crippen molar-refractivity contribution >= 4 is 22.8 Å². The summed E-state index contributed by atoms with van der Waals surface area (Å²) in [7, 11) is 0. The molecule has 0 aliphatic carbocycles. The van der Waals surface area contributed by atoms with Gasteiger partial charge in [0, 0.05) is 55.5 Å². The first-order valence-electron chi connectivity index (χ1n) is 9.66. The number of fused-ring (bicyclic) bond motifs is 1. The molecule has 0 bridgehead atoms. The molecule has 0 spiro atoms. The van der Waals surface area contributed by atoms with Crippen LogP contribution in [0, 0.1) is 0 Å². The van der Waals surface area contributed by atoms with E-state index in [0.29, 0.717) is 0 Å². The van der Waals surface area contributed by atoms with Crippen LogP contribution in [0.3, 0.4) is 0 Å². The number of nitrogens with zero attached hydrogens (tertiary/aromatic N) is 4. The zero-order chi connectivity index (χ0) is 19.8. The number of allylic oxidation sites excluding steroid dienone is 1. The second kappa shape index (κ2) is 9.75. The van der Waals surface area contributed by atoms with E-state index in [2.05, 4.69) is 49.9 Å². The summed E-state index contributed by atoms with van der Waals surface area (Å²) in [5.74, 6) is 5.68. The Morgan fingerprint density at radius 1 is 1.00 bits per heavy atom. The lowest BCUT2D eigenvalue weighted by atomic mass is 10.1. The van der Waals surface area contributed by atoms with Crippen LogP contribution in [-0.4, -0.2) is 27.5 Å². The first-order chi connectivity index (χ1) is 13.7. The Bertz CT molecular complexity index is 889. The van der Waals surface area contributed by atoms with Crippen LogP contribution in [0.15, 0.2) is 60.8 Å². The summed E-state index contributed by atoms with van der Waals surface area (Å²) in [5.41, 5.74) is 6.75. The number of rotatable bonds is 4. The summed E-state index contributed by atoms with van der Waals surface area (Å²) >= 11 is 0. The maximum absolute atomic E-state index is 4.90. The maximum atomic E-state index is 4.90. The van der Waals surface area contributed by atoms with Crippen LogP contribution in [0.5, 0.6) is 0 Å². The quantitative estimate of drug-likeness (QED) is 0.472. The van der Waals surface area contributed by atoms with Gasteiger partial charge >= 0.3 is 0 Å². The van der Waals surface area contributed by atoms with Crippen molar-refractivity contribution in [3.8, 4) is 0 Å². The van der Waals surface area contributed by atoms with Crippen molar-refractivity contribution < 1.29 is 0 Å². The molecule has 1 saturated heterocycles. The standard InChI is InChI=1S/C17H19N5.C4H10N2/c1-2-10-21(11-3-1)15-6-4-14(5-7-15)20-16-17-19-9-13-22(17)12-8-18-16;1-4(2)3-6-5/h4-9,12-13H,1-3,10-11H2,(H,18,20);3,6H,5H2,1-2H3. The number of hydrogen-bond acceptors (Lipinski definition) is 6. The van der Waals surface area contributed by atoms with Gasteiger partial charge in [0.25, 0.3) is 0 Å². The van der Waals surface area contributed by atoms with Crippen LogP contribution in [0.4, 0.5) is 17.2 Å². The molecule has 0 unspecified atom stereocenters. The molecule has 1 aromatic carbocycles. The van der Waals surface area contributed by atoms with E-state index in [4.69, 9.17) is 5.84 Å². The molecule has 1 aliphatic rings. The lowest BCUT2D eigenvalue weighted by Gasteiger charge is -2.28. The number of anilines is 3. The van der Waals surface area contributed by atoms with Crippen molar-refractivity contribution in [2.45, 2.75) is 33.1 Å². The van der Waals surface area contributed by atoms with Crippen molar-refractivity contribution in [2.24, 2.45) is 5.84 Å². The monoisotopic (exact) mass is 379 g/mol. The predicted octanol–water partition coefficient (Wildman–Crippen LogP) is 3.84. The number of aromatic nitrogens is 3. The van der Waals surface area contributed by atoms with E-state index in [1.54, 1.807) is 18.6 Å². The lowest BCUT2D eigenvalue weighted by Crippen LogP contribution is -2.29. The highest BCUT2D eigenvalue weighted by Crippen LogP contribution is 2.24. The summed E-state index contributed by atoms with van der Waals surface area (Å²) in [6.45, 7) is 6.28. The topological polar surface area (TPSA) is 83.5 Å². The highest BCUT2D eigenvalue weighted by atomic mass is 15.2. The van der Waals surface area contributed by atoms with Gasteiger partial charge in [-0.2, -0.15) is 0 Å². The Morgan fingerprint density at radius 2 is 1.68 bits per heavy atom. The van der Waals surface area contributed by atoms with Crippen molar-refractivity contribution in [3.05, 3.63) is 60.8 Å². The SMILES string of the molecule is CC(C)=CNN.c1cn2ccnc2c(Nc2ccc(N3CCCCC3)cc2)n1. The summed E-state index contributed by atoms with van der Waals surface area (Å²) in [4.78, 5) is 11.2. The zero-order valence-electron chi connectivity index (χ0n) is 16.6. The molecule has 0 radical (unpaired) electrons. The third-order valence-corrected chi connectivity index (χ3v) is 4.53. The number of nitrogens with two attached hydrogens (primary N) is 1. The number of nitrogens with one attached hydrogen (secondary N) is 2. The molecule has 3 heterocycles. The summed E-state index contributed by atoms with van der Waals surface area (Å²) < 4.78 is 1.96. The molecule has 28 heavy (non-hydrogen) atoms. The molecule has 0 saturated carbocycles. The predicted molar refractivity (Wildman–Crippen MR) is 116 cm³/mol. The first kappa shape index (κ1) is 19.7. The molecule has 7 nitrogen and oxygen atoms in total. The first-order valence-corrected chi connectivity index (χ1v) is 9.66. The van der Waals surface area contributed by atoms with Crippen molar-refractivity contribution in [1.29, 1.82) is 0 Å². The fraction of sp³-hybridized carbons (Fsp3) is 0.333. The zero-order valence-corrected chi connectivity index (χ0v) is 16.6. The molecule has 4 rings (SSSR count). The molecular formula is C21H29N7. The van der Waals surface area contributed by atoms with Crippen LogP contribution < -0.4 is 21.5 Å². The smallest absolute Gasteiger partial charge is 0.180 e. The van der Waals surface area contributed by atoms with Crippen LogP contribution in [-0.2, 0) is 0 Å². The number of hydrogen-bond donors (Lipinski definition) is 3. The minimum absolute atomic E-state index is 0.776. The van der Waals surface area contributed by atoms with Crippen LogP contribution >= 0.6 is 0 Å². The minimum Gasteiger partial charge on any atom is -0.372 e. The van der Waals surface area contributed by atoms with Gasteiger partial charge in [-0.1, -0.05) is 5.57 Å². The van der Waals surface area contributed by atoms with Gasteiger partial charge in [-0.25, -0.2) is 9.97 Å². The minimum atomic E-state index is 0.776. The lowest BCUT2D eigenvalue weighted by molar-refractivity contribution is 0.578. The third-order valence-electron chi connectivity index (χ3n) is 4.53. The van der Waals surface area contributed by atoms with Gasteiger partial charge in [-0.15, -0.1) is 0 Å². The molecule has 0 amide bonds. The summed E-state index contributed by atoms with van der Waals surface area (Å²) in [5, 5.41) is 3.35. The second-order valence-corrected chi connectivity index (χ2v) is 7.04. The fourth-order valence-corrected chi connectivity index (χ4v) is 3.15. The Hall–Kier alpha value is -3.06. The molecule has 3 aromatic rings. The fourth-order valence-electron chi connectivity index (χ4n) is 3.15. The molecule has 2 aromatic heterocycles. The Labute approximate surface area is 166 Å². The molecule has 1 fully saturated rings. The molecule has 1 aliphatic heterocycles. The van der Waals surface area contributed by atoms with E-state index in [9.17, 15) is 0 Å². The highest BCUT2D eigenvalue weighted by molar-refractivity contribution is 5.70. The van der Waals surface area contributed by atoms with E-state index in [1.807, 2.05) is 30.6 Å². The number of hydrazine groups is 1. The van der Waals surface area contributed by atoms with Crippen molar-refractivity contribution in [3.63, 3.8) is 0 Å². The van der Waals surface area contributed by atoms with Crippen LogP contribution in [0.2, 0.25) is 0 Å². The molecule has 0 atom stereocenters. The Kier molecular flexibility index (Phi) is 6.86. The maximum Gasteiger partial charge on any atom is 0.180 e. The molecule has 4 N–H and O–H groups in total. The van der Waals surface area contributed by atoms with Gasteiger partial charge in [0.2, 0.25) is 0 Å². The van der Waals surface area contributed by atoms with E-state index >= 15 is 0 Å². The number of benzene rings is 1. The molecule has 148 valence electrons. The van der Waals surface area contributed by atoms with Crippen LogP contribution in [0.25, 0.3) is 5.65 Å². The highest BCUT2D eigenvalue weighted by Gasteiger charge is 2.11. The van der Waals surface area contributed by atoms with E-state index in [0.717, 1.165) is 17.2 Å². The van der Waals surface area contributed by atoms with E-state index in [1.165, 1.54) is 43.6 Å². The Morgan fingerprint density at radius 3 is 2.29 bits per heavy atom. The van der Waals surface area contributed by atoms with Gasteiger partial charge < -0.3 is 20.0 Å². The number of imidazole rings is 1.